The van der Waals surface area contributed by atoms with Crippen molar-refractivity contribution in [1.82, 2.24) is 0 Å². The molecule has 0 radical (unpaired) electrons. The highest BCUT2D eigenvalue weighted by Crippen LogP contribution is 2.26. The van der Waals surface area contributed by atoms with Crippen LogP contribution in [-0.4, -0.2) is 11.8 Å². The van der Waals surface area contributed by atoms with Gasteiger partial charge in [0.25, 0.3) is 0 Å². The van der Waals surface area contributed by atoms with E-state index >= 15 is 0 Å². The smallest absolute Gasteiger partial charge is 0.189 e. The number of hydrogen-bond donors (Lipinski definition) is 1. The van der Waals surface area contributed by atoms with E-state index < -0.39 is 6.04 Å². The number of ketones is 1. The second kappa shape index (κ2) is 4.36. The molecule has 0 aliphatic heterocycles. The van der Waals surface area contributed by atoms with E-state index in [1.54, 1.807) is 0 Å². The summed E-state index contributed by atoms with van der Waals surface area (Å²) >= 11 is 1.52. The number of rotatable bonds is 3. The molecule has 2 N–H and O–H groups in total. The van der Waals surface area contributed by atoms with E-state index in [4.69, 9.17) is 5.73 Å². The molecule has 1 atom stereocenters. The zero-order valence-corrected chi connectivity index (χ0v) is 10.3. The molecular weight excluding hydrogens is 218 g/mol. The lowest BCUT2D eigenvalue weighted by Crippen LogP contribution is -2.35. The maximum absolute atomic E-state index is 12.0. The Balaban J connectivity index is 2.37. The highest BCUT2D eigenvalue weighted by atomic mass is 32.1. The minimum atomic E-state index is -0.395. The van der Waals surface area contributed by atoms with Gasteiger partial charge in [0.1, 0.15) is 0 Å². The van der Waals surface area contributed by atoms with Gasteiger partial charge in [0, 0.05) is 4.70 Å². The van der Waals surface area contributed by atoms with Gasteiger partial charge in [0.05, 0.1) is 10.9 Å². The maximum atomic E-state index is 12.0. The number of carbonyl (C=O) groups is 1. The van der Waals surface area contributed by atoms with Gasteiger partial charge in [-0.25, -0.2) is 0 Å². The van der Waals surface area contributed by atoms with E-state index in [0.717, 1.165) is 15.0 Å². The summed E-state index contributed by atoms with van der Waals surface area (Å²) < 4.78 is 1.14. The molecule has 0 saturated heterocycles. The van der Waals surface area contributed by atoms with Crippen LogP contribution in [0, 0.1) is 5.92 Å². The molecule has 0 saturated carbocycles. The second-order valence-electron chi connectivity index (χ2n) is 4.28. The first-order valence-corrected chi connectivity index (χ1v) is 6.19. The second-order valence-corrected chi connectivity index (χ2v) is 5.37. The predicted molar refractivity (Wildman–Crippen MR) is 69.0 cm³/mol. The van der Waals surface area contributed by atoms with Crippen molar-refractivity contribution >= 4 is 27.2 Å². The SMILES string of the molecule is CC(C)[C@H](N)C(=O)c1cc2ccccc2s1. The topological polar surface area (TPSA) is 43.1 Å². The molecule has 2 aromatic rings. The molecule has 0 aliphatic rings. The number of nitrogens with two attached hydrogens (primary N) is 1. The lowest BCUT2D eigenvalue weighted by Gasteiger charge is -2.12. The molecule has 1 aromatic heterocycles. The van der Waals surface area contributed by atoms with E-state index in [1.165, 1.54) is 11.3 Å². The summed E-state index contributed by atoms with van der Waals surface area (Å²) in [5.41, 5.74) is 5.87. The van der Waals surface area contributed by atoms with Crippen LogP contribution in [0.3, 0.4) is 0 Å². The first-order chi connectivity index (χ1) is 7.59. The molecule has 0 fully saturated rings. The third-order valence-electron chi connectivity index (χ3n) is 2.69. The van der Waals surface area contributed by atoms with Crippen LogP contribution in [0.1, 0.15) is 23.5 Å². The van der Waals surface area contributed by atoms with Crippen molar-refractivity contribution in [3.05, 3.63) is 35.2 Å². The summed E-state index contributed by atoms with van der Waals surface area (Å²) in [5.74, 6) is 0.230. The normalized spacial score (nSPS) is 13.2. The Morgan fingerprint density at radius 2 is 2.00 bits per heavy atom. The number of thiophene rings is 1. The Hall–Kier alpha value is -1.19. The van der Waals surface area contributed by atoms with Crippen molar-refractivity contribution in [3.63, 3.8) is 0 Å². The summed E-state index contributed by atoms with van der Waals surface area (Å²) in [6, 6.07) is 9.54. The van der Waals surface area contributed by atoms with E-state index in [0.29, 0.717) is 0 Å². The average molecular weight is 233 g/mol. The van der Waals surface area contributed by atoms with Crippen molar-refractivity contribution in [2.75, 3.05) is 0 Å². The first-order valence-electron chi connectivity index (χ1n) is 5.38. The summed E-state index contributed by atoms with van der Waals surface area (Å²) in [6.45, 7) is 3.94. The van der Waals surface area contributed by atoms with Crippen LogP contribution >= 0.6 is 11.3 Å². The molecule has 2 nitrogen and oxygen atoms in total. The van der Waals surface area contributed by atoms with Crippen molar-refractivity contribution in [3.8, 4) is 0 Å². The molecule has 0 aliphatic carbocycles. The van der Waals surface area contributed by atoms with E-state index in [1.807, 2.05) is 44.2 Å². The minimum absolute atomic E-state index is 0.0520. The Kier molecular flexibility index (Phi) is 3.08. The summed E-state index contributed by atoms with van der Waals surface area (Å²) in [7, 11) is 0. The standard InChI is InChI=1S/C13H15NOS/c1-8(2)12(14)13(15)11-7-9-5-3-4-6-10(9)16-11/h3-8,12H,14H2,1-2H3/t12-/m0/s1. The van der Waals surface area contributed by atoms with Crippen LogP contribution in [0.5, 0.6) is 0 Å². The third kappa shape index (κ3) is 2.01. The molecular formula is C13H15NOS. The fourth-order valence-electron chi connectivity index (χ4n) is 1.57. The zero-order valence-electron chi connectivity index (χ0n) is 9.44. The lowest BCUT2D eigenvalue weighted by atomic mass is 10.00. The fourth-order valence-corrected chi connectivity index (χ4v) is 2.62. The number of carbonyl (C=O) groups excluding carboxylic acids is 1. The molecule has 0 spiro atoms. The zero-order chi connectivity index (χ0) is 11.7. The predicted octanol–water partition coefficient (Wildman–Crippen LogP) is 3.07. The van der Waals surface area contributed by atoms with Gasteiger partial charge in [0.2, 0.25) is 0 Å². The third-order valence-corrected chi connectivity index (χ3v) is 3.82. The Bertz CT molecular complexity index is 482. The quantitative estimate of drug-likeness (QED) is 0.828. The van der Waals surface area contributed by atoms with Crippen molar-refractivity contribution in [1.29, 1.82) is 0 Å². The molecule has 1 aromatic carbocycles. The Labute approximate surface area is 99.1 Å². The molecule has 2 rings (SSSR count). The van der Waals surface area contributed by atoms with Gasteiger partial charge < -0.3 is 5.73 Å². The molecule has 1 heterocycles. The number of fused-ring (bicyclic) bond motifs is 1. The van der Waals surface area contributed by atoms with E-state index in [2.05, 4.69) is 0 Å². The fraction of sp³-hybridized carbons (Fsp3) is 0.308. The van der Waals surface area contributed by atoms with Gasteiger partial charge in [-0.1, -0.05) is 32.0 Å². The van der Waals surface area contributed by atoms with Crippen LogP contribution < -0.4 is 5.73 Å². The highest BCUT2D eigenvalue weighted by Gasteiger charge is 2.20. The van der Waals surface area contributed by atoms with Gasteiger partial charge in [-0.15, -0.1) is 11.3 Å². The van der Waals surface area contributed by atoms with Gasteiger partial charge in [-0.3, -0.25) is 4.79 Å². The molecule has 84 valence electrons. The largest absolute Gasteiger partial charge is 0.321 e. The van der Waals surface area contributed by atoms with Crippen LogP contribution in [-0.2, 0) is 0 Å². The van der Waals surface area contributed by atoms with Crippen molar-refractivity contribution < 1.29 is 4.79 Å². The van der Waals surface area contributed by atoms with E-state index in [-0.39, 0.29) is 11.7 Å². The van der Waals surface area contributed by atoms with Crippen molar-refractivity contribution in [2.24, 2.45) is 11.7 Å². The molecule has 3 heteroatoms. The van der Waals surface area contributed by atoms with Crippen LogP contribution in [0.4, 0.5) is 0 Å². The molecule has 16 heavy (non-hydrogen) atoms. The number of benzene rings is 1. The van der Waals surface area contributed by atoms with Crippen molar-refractivity contribution in [2.45, 2.75) is 19.9 Å². The summed E-state index contributed by atoms with van der Waals surface area (Å²) in [6.07, 6.45) is 0. The lowest BCUT2D eigenvalue weighted by molar-refractivity contribution is 0.0945. The average Bonchev–Trinajstić information content (AvgIpc) is 2.70. The van der Waals surface area contributed by atoms with Crippen LogP contribution in [0.15, 0.2) is 30.3 Å². The van der Waals surface area contributed by atoms with Gasteiger partial charge in [0.15, 0.2) is 5.78 Å². The number of Topliss-reactive ketones (excluding diaryl/α,β-unsaturated/α-hetero) is 1. The monoisotopic (exact) mass is 233 g/mol. The van der Waals surface area contributed by atoms with E-state index in [9.17, 15) is 4.79 Å². The molecule has 0 unspecified atom stereocenters. The Morgan fingerprint density at radius 3 is 2.62 bits per heavy atom. The number of hydrogen-bond acceptors (Lipinski definition) is 3. The maximum Gasteiger partial charge on any atom is 0.189 e. The molecule has 0 amide bonds. The Morgan fingerprint density at radius 1 is 1.31 bits per heavy atom. The summed E-state index contributed by atoms with van der Waals surface area (Å²) in [4.78, 5) is 12.8. The summed E-state index contributed by atoms with van der Waals surface area (Å²) in [5, 5.41) is 1.12. The molecule has 0 bridgehead atoms. The first kappa shape index (κ1) is 11.3. The minimum Gasteiger partial charge on any atom is -0.321 e. The van der Waals surface area contributed by atoms with Crippen LogP contribution in [0.25, 0.3) is 10.1 Å². The van der Waals surface area contributed by atoms with Crippen LogP contribution in [0.2, 0.25) is 0 Å². The van der Waals surface area contributed by atoms with Gasteiger partial charge in [-0.2, -0.15) is 0 Å². The van der Waals surface area contributed by atoms with Gasteiger partial charge in [-0.05, 0) is 23.4 Å². The highest BCUT2D eigenvalue weighted by molar-refractivity contribution is 7.20. The van der Waals surface area contributed by atoms with Gasteiger partial charge >= 0.3 is 0 Å².